The van der Waals surface area contributed by atoms with Crippen molar-refractivity contribution in [3.05, 3.63) is 40.7 Å². The van der Waals surface area contributed by atoms with Crippen LogP contribution in [0, 0.1) is 17.7 Å². The van der Waals surface area contributed by atoms with Gasteiger partial charge >= 0.3 is 0 Å². The Morgan fingerprint density at radius 2 is 2.09 bits per heavy atom. The predicted molar refractivity (Wildman–Crippen MR) is 118 cm³/mol. The molecule has 3 aromatic heterocycles. The summed E-state index contributed by atoms with van der Waals surface area (Å²) >= 11 is 0. The molecule has 33 heavy (non-hydrogen) atoms. The fraction of sp³-hybridized carbons (Fsp3) is 0.524. The number of pyridine rings is 1. The number of aromatic nitrogens is 7. The maximum Gasteiger partial charge on any atom is 0.255 e. The number of ether oxygens (including phenoxy) is 1. The summed E-state index contributed by atoms with van der Waals surface area (Å²) in [5.74, 6) is 1.55. The van der Waals surface area contributed by atoms with Crippen molar-refractivity contribution in [1.82, 2.24) is 34.7 Å². The van der Waals surface area contributed by atoms with Crippen molar-refractivity contribution in [1.29, 1.82) is 0 Å². The van der Waals surface area contributed by atoms with Crippen LogP contribution in [-0.4, -0.2) is 74.6 Å². The van der Waals surface area contributed by atoms with Gasteiger partial charge in [0.15, 0.2) is 5.82 Å². The van der Waals surface area contributed by atoms with E-state index in [0.29, 0.717) is 30.1 Å². The van der Waals surface area contributed by atoms with Gasteiger partial charge in [0, 0.05) is 70.0 Å². The normalized spacial score (nSPS) is 22.3. The van der Waals surface area contributed by atoms with Gasteiger partial charge < -0.3 is 14.5 Å². The molecule has 5 rings (SSSR count). The molecule has 4 atom stereocenters. The smallest absolute Gasteiger partial charge is 0.255 e. The van der Waals surface area contributed by atoms with Crippen molar-refractivity contribution >= 4 is 11.9 Å². The summed E-state index contributed by atoms with van der Waals surface area (Å²) in [6, 6.07) is 3.15. The summed E-state index contributed by atoms with van der Waals surface area (Å²) in [4.78, 5) is 25.3. The molecule has 1 aliphatic heterocycles. The molecule has 174 valence electrons. The number of nitrogens with zero attached hydrogens (tertiary/aromatic N) is 9. The monoisotopic (exact) mass is 455 g/mol. The van der Waals surface area contributed by atoms with E-state index in [4.69, 9.17) is 4.74 Å². The first-order valence-electron chi connectivity index (χ1n) is 10.8. The molecule has 0 amide bonds. The summed E-state index contributed by atoms with van der Waals surface area (Å²) in [5, 5.41) is 12.2. The Kier molecular flexibility index (Phi) is 5.31. The van der Waals surface area contributed by atoms with Crippen LogP contribution < -0.4 is 15.4 Å². The summed E-state index contributed by atoms with van der Waals surface area (Å²) < 4.78 is 22.8. The molecule has 1 aliphatic carbocycles. The number of hydrogen-bond donors (Lipinski definition) is 0. The molecular weight excluding hydrogens is 429 g/mol. The van der Waals surface area contributed by atoms with Crippen LogP contribution in [0.25, 0.3) is 11.3 Å². The average Bonchev–Trinajstić information content (AvgIpc) is 3.15. The number of fused-ring (bicyclic) bond motifs is 1. The molecule has 0 aromatic carbocycles. The molecule has 2 aliphatic rings. The SMILES string of the molecule is COCC(C)n1nnnc1N1C[C@@H]2[C@H](C1)[C@H]2N(C)c1nc(-c2ccncc2F)cc(=O)n1C. The van der Waals surface area contributed by atoms with Crippen LogP contribution >= 0.6 is 0 Å². The van der Waals surface area contributed by atoms with Gasteiger partial charge in [0.1, 0.15) is 0 Å². The van der Waals surface area contributed by atoms with E-state index >= 15 is 0 Å². The maximum atomic E-state index is 14.3. The van der Waals surface area contributed by atoms with E-state index in [1.807, 2.05) is 18.9 Å². The van der Waals surface area contributed by atoms with Crippen LogP contribution in [0.5, 0.6) is 0 Å². The third kappa shape index (κ3) is 3.63. The van der Waals surface area contributed by atoms with Crippen molar-refractivity contribution in [2.45, 2.75) is 19.0 Å². The van der Waals surface area contributed by atoms with Crippen LogP contribution in [0.2, 0.25) is 0 Å². The Bertz CT molecular complexity index is 1220. The van der Waals surface area contributed by atoms with E-state index in [9.17, 15) is 9.18 Å². The fourth-order valence-corrected chi connectivity index (χ4v) is 4.92. The third-order valence-electron chi connectivity index (χ3n) is 6.65. The van der Waals surface area contributed by atoms with Crippen molar-refractivity contribution in [3.8, 4) is 11.3 Å². The molecule has 0 radical (unpaired) electrons. The summed E-state index contributed by atoms with van der Waals surface area (Å²) in [6.45, 7) is 4.17. The van der Waals surface area contributed by atoms with E-state index < -0.39 is 5.82 Å². The Morgan fingerprint density at radius 3 is 2.79 bits per heavy atom. The average molecular weight is 455 g/mol. The zero-order chi connectivity index (χ0) is 23.3. The molecule has 0 bridgehead atoms. The van der Waals surface area contributed by atoms with Crippen LogP contribution in [-0.2, 0) is 11.8 Å². The summed E-state index contributed by atoms with van der Waals surface area (Å²) in [7, 11) is 5.28. The van der Waals surface area contributed by atoms with Crippen molar-refractivity contribution in [2.75, 3.05) is 43.7 Å². The van der Waals surface area contributed by atoms with Gasteiger partial charge in [-0.3, -0.25) is 14.3 Å². The number of halogens is 1. The third-order valence-corrected chi connectivity index (χ3v) is 6.65. The van der Waals surface area contributed by atoms with Gasteiger partial charge in [-0.05, 0) is 23.4 Å². The number of hydrogen-bond acceptors (Lipinski definition) is 9. The number of anilines is 2. The first kappa shape index (κ1) is 21.4. The number of piperidine rings is 1. The molecule has 2 fully saturated rings. The highest BCUT2D eigenvalue weighted by molar-refractivity contribution is 5.60. The topological polar surface area (TPSA) is 107 Å². The summed E-state index contributed by atoms with van der Waals surface area (Å²) in [6.07, 6.45) is 2.61. The number of tetrazole rings is 1. The van der Waals surface area contributed by atoms with Crippen LogP contribution in [0.3, 0.4) is 0 Å². The molecule has 11 nitrogen and oxygen atoms in total. The molecule has 12 heteroatoms. The predicted octanol–water partition coefficient (Wildman–Crippen LogP) is 0.746. The Hall–Kier alpha value is -3.41. The molecule has 1 saturated heterocycles. The molecule has 0 spiro atoms. The van der Waals surface area contributed by atoms with Crippen molar-refractivity contribution in [3.63, 3.8) is 0 Å². The molecule has 4 heterocycles. The first-order valence-corrected chi connectivity index (χ1v) is 10.8. The largest absolute Gasteiger partial charge is 0.382 e. The van der Waals surface area contributed by atoms with Gasteiger partial charge in [-0.1, -0.05) is 5.10 Å². The molecule has 1 unspecified atom stereocenters. The van der Waals surface area contributed by atoms with Gasteiger partial charge in [-0.25, -0.2) is 14.1 Å². The Labute approximate surface area is 189 Å². The van der Waals surface area contributed by atoms with Crippen LogP contribution in [0.1, 0.15) is 13.0 Å². The first-order chi connectivity index (χ1) is 15.9. The van der Waals surface area contributed by atoms with E-state index in [1.54, 1.807) is 18.8 Å². The highest BCUT2D eigenvalue weighted by Crippen LogP contribution is 2.50. The minimum Gasteiger partial charge on any atom is -0.382 e. The number of methoxy groups -OCH3 is 1. The highest BCUT2D eigenvalue weighted by atomic mass is 19.1. The maximum absolute atomic E-state index is 14.3. The van der Waals surface area contributed by atoms with Gasteiger partial charge in [0.2, 0.25) is 11.9 Å². The lowest BCUT2D eigenvalue weighted by atomic mass is 10.2. The molecule has 1 saturated carbocycles. The minimum absolute atomic E-state index is 0.0328. The molecule has 3 aromatic rings. The highest BCUT2D eigenvalue weighted by Gasteiger charge is 2.59. The summed E-state index contributed by atoms with van der Waals surface area (Å²) in [5.41, 5.74) is 0.326. The van der Waals surface area contributed by atoms with E-state index in [-0.39, 0.29) is 23.2 Å². The number of rotatable bonds is 7. The van der Waals surface area contributed by atoms with Crippen LogP contribution in [0.15, 0.2) is 29.3 Å². The second-order valence-corrected chi connectivity index (χ2v) is 8.76. The second kappa shape index (κ2) is 8.18. The van der Waals surface area contributed by atoms with Gasteiger partial charge in [0.25, 0.3) is 5.56 Å². The zero-order valence-corrected chi connectivity index (χ0v) is 19.0. The quantitative estimate of drug-likeness (QED) is 0.510. The second-order valence-electron chi connectivity index (χ2n) is 8.76. The van der Waals surface area contributed by atoms with Gasteiger partial charge in [-0.15, -0.1) is 0 Å². The zero-order valence-electron chi connectivity index (χ0n) is 19.0. The molecular formula is C21H26FN9O2. The van der Waals surface area contributed by atoms with Gasteiger partial charge in [0.05, 0.1) is 24.5 Å². The standard InChI is InChI=1S/C21H26FN9O2/c1-12(11-33-4)31-21(25-26-27-31)30-9-14-15(10-30)19(14)29(3)20-24-17(7-18(32)28(20)2)13-5-6-23-8-16(13)22/h5-8,12,14-15,19H,9-11H2,1-4H3/t12?,14-,15+,19+. The van der Waals surface area contributed by atoms with Crippen molar-refractivity contribution in [2.24, 2.45) is 18.9 Å². The minimum atomic E-state index is -0.508. The van der Waals surface area contributed by atoms with Crippen LogP contribution in [0.4, 0.5) is 16.3 Å². The Morgan fingerprint density at radius 1 is 1.33 bits per heavy atom. The Balaban J connectivity index is 1.35. The van der Waals surface area contributed by atoms with E-state index in [0.717, 1.165) is 25.2 Å². The van der Waals surface area contributed by atoms with E-state index in [1.165, 1.54) is 22.9 Å². The lowest BCUT2D eigenvalue weighted by Crippen LogP contribution is -2.37. The van der Waals surface area contributed by atoms with Gasteiger partial charge in [-0.2, -0.15) is 0 Å². The van der Waals surface area contributed by atoms with Crippen molar-refractivity contribution < 1.29 is 9.13 Å². The van der Waals surface area contributed by atoms with E-state index in [2.05, 4.69) is 30.4 Å². The lowest BCUT2D eigenvalue weighted by Gasteiger charge is -2.27. The lowest BCUT2D eigenvalue weighted by molar-refractivity contribution is 0.156. The molecule has 0 N–H and O–H groups in total. The fourth-order valence-electron chi connectivity index (χ4n) is 4.92.